The van der Waals surface area contributed by atoms with Crippen LogP contribution in [0, 0.1) is 0 Å². The monoisotopic (exact) mass is 297 g/mol. The van der Waals surface area contributed by atoms with Gasteiger partial charge >= 0.3 is 0 Å². The number of carbonyl (C=O) groups is 1. The summed E-state index contributed by atoms with van der Waals surface area (Å²) in [4.78, 5) is 14.1. The van der Waals surface area contributed by atoms with E-state index in [1.165, 1.54) is 12.1 Å². The van der Waals surface area contributed by atoms with E-state index in [2.05, 4.69) is 10.2 Å². The number of amides is 1. The lowest BCUT2D eigenvalue weighted by molar-refractivity contribution is -0.121. The number of primary sulfonamides is 1. The first-order chi connectivity index (χ1) is 9.34. The Kier molecular flexibility index (Phi) is 4.42. The van der Waals surface area contributed by atoms with Crippen molar-refractivity contribution in [2.75, 3.05) is 20.1 Å². The molecule has 0 aromatic heterocycles. The van der Waals surface area contributed by atoms with Crippen molar-refractivity contribution >= 4 is 15.9 Å². The Balaban J connectivity index is 1.91. The average molecular weight is 297 g/mol. The van der Waals surface area contributed by atoms with Crippen LogP contribution in [-0.4, -0.2) is 45.4 Å². The molecule has 0 radical (unpaired) electrons. The van der Waals surface area contributed by atoms with Gasteiger partial charge in [-0.3, -0.25) is 4.79 Å². The van der Waals surface area contributed by atoms with Crippen LogP contribution in [0.2, 0.25) is 0 Å². The summed E-state index contributed by atoms with van der Waals surface area (Å²) < 4.78 is 22.2. The van der Waals surface area contributed by atoms with E-state index in [-0.39, 0.29) is 23.3 Å². The smallest absolute Gasteiger partial charge is 0.238 e. The Morgan fingerprint density at radius 1 is 1.40 bits per heavy atom. The summed E-state index contributed by atoms with van der Waals surface area (Å²) in [5.74, 6) is -0.0475. The predicted molar refractivity (Wildman–Crippen MR) is 75.6 cm³/mol. The van der Waals surface area contributed by atoms with E-state index >= 15 is 0 Å². The van der Waals surface area contributed by atoms with Gasteiger partial charge in [-0.2, -0.15) is 0 Å². The van der Waals surface area contributed by atoms with Gasteiger partial charge in [0.1, 0.15) is 0 Å². The molecular weight excluding hydrogens is 278 g/mol. The zero-order valence-electron chi connectivity index (χ0n) is 11.4. The lowest BCUT2D eigenvalue weighted by Crippen LogP contribution is -2.37. The van der Waals surface area contributed by atoms with E-state index in [9.17, 15) is 13.2 Å². The molecule has 0 saturated carbocycles. The second kappa shape index (κ2) is 5.90. The molecule has 1 heterocycles. The molecule has 0 unspecified atom stereocenters. The lowest BCUT2D eigenvalue weighted by atomic mass is 10.1. The van der Waals surface area contributed by atoms with Crippen LogP contribution in [-0.2, 0) is 21.2 Å². The fraction of sp³-hybridized carbons (Fsp3) is 0.462. The molecule has 1 aromatic rings. The minimum Gasteiger partial charge on any atom is -0.352 e. The Morgan fingerprint density at radius 2 is 2.05 bits per heavy atom. The fourth-order valence-corrected chi connectivity index (χ4v) is 2.83. The molecule has 0 aliphatic carbocycles. The Bertz CT molecular complexity index is 583. The van der Waals surface area contributed by atoms with Gasteiger partial charge in [-0.25, -0.2) is 13.6 Å². The third-order valence-electron chi connectivity index (χ3n) is 3.37. The third kappa shape index (κ3) is 4.03. The number of carbonyl (C=O) groups excluding carboxylic acids is 1. The summed E-state index contributed by atoms with van der Waals surface area (Å²) in [6.45, 7) is 1.87. The molecule has 7 heteroatoms. The van der Waals surface area contributed by atoms with Crippen molar-refractivity contribution in [2.45, 2.75) is 23.8 Å². The van der Waals surface area contributed by atoms with Gasteiger partial charge in [0.2, 0.25) is 15.9 Å². The van der Waals surface area contributed by atoms with E-state index in [0.29, 0.717) is 0 Å². The molecule has 2 rings (SSSR count). The molecule has 1 atom stereocenters. The molecule has 110 valence electrons. The van der Waals surface area contributed by atoms with Gasteiger partial charge in [0, 0.05) is 12.6 Å². The highest BCUT2D eigenvalue weighted by molar-refractivity contribution is 7.89. The number of likely N-dealkylation sites (tertiary alicyclic amines) is 1. The van der Waals surface area contributed by atoms with Crippen molar-refractivity contribution < 1.29 is 13.2 Å². The van der Waals surface area contributed by atoms with Crippen LogP contribution < -0.4 is 10.5 Å². The maximum atomic E-state index is 11.9. The summed E-state index contributed by atoms with van der Waals surface area (Å²) in [5, 5.41) is 8.00. The van der Waals surface area contributed by atoms with E-state index in [0.717, 1.165) is 25.1 Å². The fourth-order valence-electron chi connectivity index (χ4n) is 2.31. The molecule has 1 saturated heterocycles. The highest BCUT2D eigenvalue weighted by Crippen LogP contribution is 2.10. The van der Waals surface area contributed by atoms with Gasteiger partial charge in [0.15, 0.2) is 0 Å². The normalized spacial score (nSPS) is 20.0. The first-order valence-corrected chi connectivity index (χ1v) is 7.99. The van der Waals surface area contributed by atoms with Crippen LogP contribution in [0.3, 0.4) is 0 Å². The molecule has 1 aromatic carbocycles. The first-order valence-electron chi connectivity index (χ1n) is 6.44. The molecule has 20 heavy (non-hydrogen) atoms. The van der Waals surface area contributed by atoms with E-state index in [4.69, 9.17) is 5.14 Å². The highest BCUT2D eigenvalue weighted by Gasteiger charge is 2.20. The topological polar surface area (TPSA) is 92.5 Å². The number of nitrogens with one attached hydrogen (secondary N) is 1. The van der Waals surface area contributed by atoms with Crippen LogP contribution in [0.1, 0.15) is 12.0 Å². The summed E-state index contributed by atoms with van der Waals surface area (Å²) in [6, 6.07) is 6.26. The van der Waals surface area contributed by atoms with Crippen LogP contribution in [0.25, 0.3) is 0 Å². The zero-order valence-corrected chi connectivity index (χ0v) is 12.2. The summed E-state index contributed by atoms with van der Waals surface area (Å²) in [5.41, 5.74) is 0.765. The number of nitrogens with zero attached hydrogens (tertiary/aromatic N) is 1. The van der Waals surface area contributed by atoms with Gasteiger partial charge in [0.05, 0.1) is 11.3 Å². The SMILES string of the molecule is CN1CC[C@@H](NC(=O)Cc2ccc(S(N)(=O)=O)cc2)C1. The minimum absolute atomic E-state index is 0.0475. The zero-order chi connectivity index (χ0) is 14.8. The van der Waals surface area contributed by atoms with Gasteiger partial charge in [-0.15, -0.1) is 0 Å². The van der Waals surface area contributed by atoms with Crippen LogP contribution in [0.15, 0.2) is 29.2 Å². The second-order valence-electron chi connectivity index (χ2n) is 5.18. The van der Waals surface area contributed by atoms with Gasteiger partial charge < -0.3 is 10.2 Å². The first kappa shape index (κ1) is 15.0. The number of likely N-dealkylation sites (N-methyl/N-ethyl adjacent to an activating group) is 1. The number of sulfonamides is 1. The molecule has 1 fully saturated rings. The highest BCUT2D eigenvalue weighted by atomic mass is 32.2. The summed E-state index contributed by atoms with van der Waals surface area (Å²) >= 11 is 0. The molecule has 6 nitrogen and oxygen atoms in total. The Morgan fingerprint density at radius 3 is 2.55 bits per heavy atom. The predicted octanol–water partition coefficient (Wildman–Crippen LogP) is -0.303. The van der Waals surface area contributed by atoms with Crippen molar-refractivity contribution in [2.24, 2.45) is 5.14 Å². The molecule has 1 amide bonds. The quantitative estimate of drug-likeness (QED) is 0.798. The van der Waals surface area contributed by atoms with Crippen molar-refractivity contribution in [1.82, 2.24) is 10.2 Å². The minimum atomic E-state index is -3.68. The van der Waals surface area contributed by atoms with Crippen LogP contribution in [0.4, 0.5) is 0 Å². The van der Waals surface area contributed by atoms with E-state index in [1.807, 2.05) is 7.05 Å². The number of nitrogens with two attached hydrogens (primary N) is 1. The molecular formula is C13H19N3O3S. The van der Waals surface area contributed by atoms with Crippen molar-refractivity contribution in [3.8, 4) is 0 Å². The van der Waals surface area contributed by atoms with Gasteiger partial charge in [-0.1, -0.05) is 12.1 Å². The molecule has 1 aliphatic rings. The Hall–Kier alpha value is -1.44. The number of rotatable bonds is 4. The third-order valence-corrected chi connectivity index (χ3v) is 4.30. The van der Waals surface area contributed by atoms with Crippen molar-refractivity contribution in [1.29, 1.82) is 0 Å². The largest absolute Gasteiger partial charge is 0.352 e. The summed E-state index contributed by atoms with van der Waals surface area (Å²) in [7, 11) is -1.65. The van der Waals surface area contributed by atoms with Crippen molar-refractivity contribution in [3.63, 3.8) is 0 Å². The van der Waals surface area contributed by atoms with Gasteiger partial charge in [-0.05, 0) is 37.7 Å². The summed E-state index contributed by atoms with van der Waals surface area (Å²) in [6.07, 6.45) is 1.21. The van der Waals surface area contributed by atoms with Crippen LogP contribution in [0.5, 0.6) is 0 Å². The number of benzene rings is 1. The molecule has 3 N–H and O–H groups in total. The van der Waals surface area contributed by atoms with Crippen LogP contribution >= 0.6 is 0 Å². The average Bonchev–Trinajstić information content (AvgIpc) is 2.74. The standard InChI is InChI=1S/C13H19N3O3S/c1-16-7-6-11(9-16)15-13(17)8-10-2-4-12(5-3-10)20(14,18)19/h2-5,11H,6-9H2,1H3,(H,15,17)(H2,14,18,19)/t11-/m1/s1. The second-order valence-corrected chi connectivity index (χ2v) is 6.74. The van der Waals surface area contributed by atoms with Crippen molar-refractivity contribution in [3.05, 3.63) is 29.8 Å². The molecule has 0 spiro atoms. The van der Waals surface area contributed by atoms with E-state index < -0.39 is 10.0 Å². The maximum Gasteiger partial charge on any atom is 0.238 e. The van der Waals surface area contributed by atoms with Gasteiger partial charge in [0.25, 0.3) is 0 Å². The molecule has 0 bridgehead atoms. The molecule has 1 aliphatic heterocycles. The van der Waals surface area contributed by atoms with E-state index in [1.54, 1.807) is 12.1 Å². The maximum absolute atomic E-state index is 11.9. The Labute approximate surface area is 119 Å². The number of hydrogen-bond acceptors (Lipinski definition) is 4. The number of hydrogen-bond donors (Lipinski definition) is 2. The lowest BCUT2D eigenvalue weighted by Gasteiger charge is -2.12.